The summed E-state index contributed by atoms with van der Waals surface area (Å²) in [4.78, 5) is 9.87. The quantitative estimate of drug-likeness (QED) is 0.358. The molecule has 0 radical (unpaired) electrons. The van der Waals surface area contributed by atoms with E-state index >= 15 is 0 Å². The number of aliphatic hydroxyl groups is 1. The van der Waals surface area contributed by atoms with Crippen LogP contribution in [0.4, 0.5) is 5.69 Å². The van der Waals surface area contributed by atoms with Crippen LogP contribution in [-0.4, -0.2) is 26.9 Å². The lowest BCUT2D eigenvalue weighted by Crippen LogP contribution is -2.31. The molecule has 0 aliphatic carbocycles. The van der Waals surface area contributed by atoms with Crippen molar-refractivity contribution in [2.45, 2.75) is 8.32 Å². The molecule has 0 amide bonds. The number of aliphatic hydroxyl groups excluding tert-OH is 1. The van der Waals surface area contributed by atoms with Crippen molar-refractivity contribution in [3.63, 3.8) is 0 Å². The van der Waals surface area contributed by atoms with Crippen molar-refractivity contribution in [1.82, 2.24) is 0 Å². The van der Waals surface area contributed by atoms with Crippen LogP contribution in [0.3, 0.4) is 0 Å². The second-order valence-corrected chi connectivity index (χ2v) is 9.66. The van der Waals surface area contributed by atoms with Gasteiger partial charge in [0.25, 0.3) is 5.69 Å². The highest BCUT2D eigenvalue weighted by Gasteiger charge is 2.44. The van der Waals surface area contributed by atoms with E-state index < -0.39 is 23.1 Å². The van der Waals surface area contributed by atoms with E-state index in [1.165, 1.54) is 46.9 Å². The molecule has 9 heteroatoms. The standard InChI is InChI=1S/C9H9ClINO5S/c1-18(16,17)9(10,11)8(13)6-2-4-7(5-3-6)12(14)15/h2-5,8,13H,1H3/t8-,9+/m0/s1. The molecule has 1 aromatic carbocycles. The maximum absolute atomic E-state index is 11.4. The predicted molar refractivity (Wildman–Crippen MR) is 75.5 cm³/mol. The fourth-order valence-corrected chi connectivity index (χ4v) is 2.20. The molecular weight excluding hydrogens is 397 g/mol. The molecule has 1 aromatic rings. The van der Waals surface area contributed by atoms with Gasteiger partial charge in [0.05, 0.1) is 4.92 Å². The maximum Gasteiger partial charge on any atom is 0.269 e. The number of alkyl halides is 2. The Morgan fingerprint density at radius 1 is 1.44 bits per heavy atom. The number of hydrogen-bond acceptors (Lipinski definition) is 5. The molecule has 0 fully saturated rings. The van der Waals surface area contributed by atoms with E-state index in [-0.39, 0.29) is 11.3 Å². The van der Waals surface area contributed by atoms with Gasteiger partial charge in [-0.25, -0.2) is 8.42 Å². The van der Waals surface area contributed by atoms with Crippen LogP contribution < -0.4 is 0 Å². The summed E-state index contributed by atoms with van der Waals surface area (Å²) in [6.07, 6.45) is -0.586. The zero-order chi connectivity index (χ0) is 14.1. The lowest BCUT2D eigenvalue weighted by Gasteiger charge is -2.24. The Labute approximate surface area is 122 Å². The smallest absolute Gasteiger partial charge is 0.269 e. The average Bonchev–Trinajstić information content (AvgIpc) is 2.26. The molecule has 0 aromatic heterocycles. The monoisotopic (exact) mass is 405 g/mol. The van der Waals surface area contributed by atoms with Gasteiger partial charge < -0.3 is 5.11 Å². The van der Waals surface area contributed by atoms with Gasteiger partial charge in [-0.05, 0) is 40.3 Å². The van der Waals surface area contributed by atoms with Crippen LogP contribution in [0.5, 0.6) is 0 Å². The molecule has 0 unspecified atom stereocenters. The highest BCUT2D eigenvalue weighted by molar-refractivity contribution is 14.1. The molecule has 0 heterocycles. The molecular formula is C9H9ClINO5S. The SMILES string of the molecule is CS(=O)(=O)[C@](Cl)(I)[C@@H](O)c1ccc([N+](=O)[O-])cc1. The average molecular weight is 406 g/mol. The number of non-ortho nitro benzene ring substituents is 1. The third-order valence-corrected chi connectivity index (χ3v) is 7.48. The van der Waals surface area contributed by atoms with Crippen molar-refractivity contribution in [2.75, 3.05) is 6.26 Å². The Morgan fingerprint density at radius 3 is 2.22 bits per heavy atom. The minimum absolute atomic E-state index is 0.154. The fraction of sp³-hybridized carbons (Fsp3) is 0.333. The molecule has 100 valence electrons. The number of nitrogens with zero attached hydrogens (tertiary/aromatic N) is 1. The van der Waals surface area contributed by atoms with E-state index in [1.807, 2.05) is 0 Å². The normalized spacial score (nSPS) is 16.9. The van der Waals surface area contributed by atoms with Crippen LogP contribution in [0.1, 0.15) is 11.7 Å². The van der Waals surface area contributed by atoms with Crippen molar-refractivity contribution < 1.29 is 18.4 Å². The number of nitro benzene ring substituents is 1. The summed E-state index contributed by atoms with van der Waals surface area (Å²) in [5.74, 6) is 0. The third kappa shape index (κ3) is 3.11. The number of sulfone groups is 1. The first-order valence-corrected chi connectivity index (χ1v) is 7.92. The maximum atomic E-state index is 11.4. The summed E-state index contributed by atoms with van der Waals surface area (Å²) in [6.45, 7) is 0. The zero-order valence-electron chi connectivity index (χ0n) is 9.08. The molecule has 0 aliphatic heterocycles. The van der Waals surface area contributed by atoms with Gasteiger partial charge in [0.1, 0.15) is 6.10 Å². The van der Waals surface area contributed by atoms with E-state index in [4.69, 9.17) is 11.6 Å². The molecule has 1 N–H and O–H groups in total. The molecule has 0 saturated carbocycles. The Hall–Kier alpha value is -0.450. The number of nitro groups is 1. The van der Waals surface area contributed by atoms with Crippen molar-refractivity contribution >= 4 is 49.7 Å². The number of hydrogen-bond donors (Lipinski definition) is 1. The van der Waals surface area contributed by atoms with Crippen LogP contribution in [0.2, 0.25) is 0 Å². The topological polar surface area (TPSA) is 97.5 Å². The summed E-state index contributed by atoms with van der Waals surface area (Å²) < 4.78 is 21.0. The van der Waals surface area contributed by atoms with Gasteiger partial charge >= 0.3 is 0 Å². The van der Waals surface area contributed by atoms with E-state index in [1.54, 1.807) is 0 Å². The first-order valence-electron chi connectivity index (χ1n) is 4.57. The molecule has 18 heavy (non-hydrogen) atoms. The van der Waals surface area contributed by atoms with Gasteiger partial charge in [0.2, 0.25) is 2.21 Å². The van der Waals surface area contributed by atoms with Crippen molar-refractivity contribution in [3.05, 3.63) is 39.9 Å². The fourth-order valence-electron chi connectivity index (χ4n) is 1.18. The lowest BCUT2D eigenvalue weighted by molar-refractivity contribution is -0.384. The highest BCUT2D eigenvalue weighted by Crippen LogP contribution is 2.42. The van der Waals surface area contributed by atoms with E-state index in [2.05, 4.69) is 0 Å². The van der Waals surface area contributed by atoms with Gasteiger partial charge in [-0.3, -0.25) is 10.1 Å². The first kappa shape index (κ1) is 15.6. The Morgan fingerprint density at radius 2 is 1.89 bits per heavy atom. The molecule has 0 aliphatic rings. The number of rotatable bonds is 4. The van der Waals surface area contributed by atoms with Crippen LogP contribution in [0.15, 0.2) is 24.3 Å². The van der Waals surface area contributed by atoms with Crippen LogP contribution in [-0.2, 0) is 9.84 Å². The summed E-state index contributed by atoms with van der Waals surface area (Å²) in [7, 11) is -3.71. The van der Waals surface area contributed by atoms with E-state index in [0.717, 1.165) is 6.26 Å². The van der Waals surface area contributed by atoms with Gasteiger partial charge in [-0.2, -0.15) is 0 Å². The third-order valence-electron chi connectivity index (χ3n) is 2.23. The van der Waals surface area contributed by atoms with Crippen LogP contribution in [0, 0.1) is 10.1 Å². The van der Waals surface area contributed by atoms with Crippen molar-refractivity contribution in [1.29, 1.82) is 0 Å². The molecule has 6 nitrogen and oxygen atoms in total. The summed E-state index contributed by atoms with van der Waals surface area (Å²) in [5.41, 5.74) is 0.0364. The Kier molecular flexibility index (Phi) is 4.57. The summed E-state index contributed by atoms with van der Waals surface area (Å²) in [5, 5.41) is 20.4. The molecule has 0 bridgehead atoms. The number of halogens is 2. The van der Waals surface area contributed by atoms with Gasteiger partial charge in [-0.1, -0.05) is 11.6 Å². The minimum Gasteiger partial charge on any atom is -0.385 e. The molecule has 0 spiro atoms. The Balaban J connectivity index is 3.12. The summed E-state index contributed by atoms with van der Waals surface area (Å²) >= 11 is 7.24. The predicted octanol–water partition coefficient (Wildman–Crippen LogP) is 2.00. The summed E-state index contributed by atoms with van der Waals surface area (Å²) in [6, 6.07) is 4.88. The second kappa shape index (κ2) is 5.27. The van der Waals surface area contributed by atoms with Crippen molar-refractivity contribution in [3.8, 4) is 0 Å². The minimum atomic E-state index is -3.71. The first-order chi connectivity index (χ1) is 8.07. The van der Waals surface area contributed by atoms with E-state index in [0.29, 0.717) is 0 Å². The van der Waals surface area contributed by atoms with Crippen molar-refractivity contribution in [2.24, 2.45) is 0 Å². The van der Waals surface area contributed by atoms with Gasteiger partial charge in [-0.15, -0.1) is 0 Å². The van der Waals surface area contributed by atoms with E-state index in [9.17, 15) is 23.6 Å². The molecule has 2 atom stereocenters. The molecule has 0 saturated heterocycles. The number of benzene rings is 1. The lowest BCUT2D eigenvalue weighted by atomic mass is 10.1. The zero-order valence-corrected chi connectivity index (χ0v) is 12.8. The molecule has 1 rings (SSSR count). The van der Waals surface area contributed by atoms with Crippen LogP contribution >= 0.6 is 34.2 Å². The Bertz CT molecular complexity index is 557. The van der Waals surface area contributed by atoms with Gasteiger partial charge in [0.15, 0.2) is 9.84 Å². The largest absolute Gasteiger partial charge is 0.385 e. The highest BCUT2D eigenvalue weighted by atomic mass is 127. The van der Waals surface area contributed by atoms with Crippen LogP contribution in [0.25, 0.3) is 0 Å². The second-order valence-electron chi connectivity index (χ2n) is 3.59. The van der Waals surface area contributed by atoms with Gasteiger partial charge in [0, 0.05) is 18.4 Å².